The van der Waals surface area contributed by atoms with E-state index in [-0.39, 0.29) is 5.56 Å². The molecule has 0 amide bonds. The number of aldehydes is 1. The van der Waals surface area contributed by atoms with Crippen molar-refractivity contribution < 1.29 is 4.79 Å². The fraction of sp³-hybridized carbons (Fsp3) is 0.233. The first-order chi connectivity index (χ1) is 18.2. The van der Waals surface area contributed by atoms with E-state index in [0.29, 0.717) is 22.4 Å². The summed E-state index contributed by atoms with van der Waals surface area (Å²) in [5, 5.41) is 5.13. The van der Waals surface area contributed by atoms with Crippen molar-refractivity contribution in [3.63, 3.8) is 0 Å². The molecule has 0 saturated carbocycles. The van der Waals surface area contributed by atoms with Gasteiger partial charge in [-0.15, -0.1) is 0 Å². The molecule has 38 heavy (non-hydrogen) atoms. The Morgan fingerprint density at radius 2 is 1.84 bits per heavy atom. The fourth-order valence-electron chi connectivity index (χ4n) is 4.86. The molecule has 1 fully saturated rings. The van der Waals surface area contributed by atoms with Gasteiger partial charge in [-0.05, 0) is 80.5 Å². The van der Waals surface area contributed by atoms with Crippen molar-refractivity contribution in [1.29, 1.82) is 0 Å². The smallest absolute Gasteiger partial charge is 0.153 e. The van der Waals surface area contributed by atoms with Crippen molar-refractivity contribution in [3.8, 4) is 11.1 Å². The first-order valence-electron chi connectivity index (χ1n) is 12.4. The molecule has 3 heterocycles. The van der Waals surface area contributed by atoms with E-state index in [9.17, 15) is 4.79 Å². The zero-order valence-electron chi connectivity index (χ0n) is 21.6. The number of hydrogen-bond donors (Lipinski definition) is 1. The molecule has 0 spiro atoms. The lowest BCUT2D eigenvalue weighted by Crippen LogP contribution is -2.31. The summed E-state index contributed by atoms with van der Waals surface area (Å²) in [7, 11) is 4.25. The highest BCUT2D eigenvalue weighted by Gasteiger charge is 2.24. The quantitative estimate of drug-likeness (QED) is 0.245. The van der Waals surface area contributed by atoms with Crippen LogP contribution in [0, 0.1) is 0 Å². The normalized spacial score (nSPS) is 15.3. The van der Waals surface area contributed by atoms with E-state index >= 15 is 0 Å². The molecule has 8 heteroatoms. The van der Waals surface area contributed by atoms with E-state index in [1.807, 2.05) is 37.5 Å². The van der Waals surface area contributed by atoms with Gasteiger partial charge in [-0.25, -0.2) is 4.98 Å². The van der Waals surface area contributed by atoms with E-state index in [1.54, 1.807) is 12.1 Å². The minimum absolute atomic E-state index is 0.286. The summed E-state index contributed by atoms with van der Waals surface area (Å²) in [6.07, 6.45) is 5.51. The highest BCUT2D eigenvalue weighted by molar-refractivity contribution is 6.39. The van der Waals surface area contributed by atoms with Crippen LogP contribution in [0.15, 0.2) is 61.4 Å². The Bertz CT molecular complexity index is 1510. The van der Waals surface area contributed by atoms with Crippen molar-refractivity contribution in [2.24, 2.45) is 0 Å². The van der Waals surface area contributed by atoms with Crippen LogP contribution in [0.5, 0.6) is 0 Å². The van der Waals surface area contributed by atoms with Gasteiger partial charge in [0.1, 0.15) is 5.82 Å². The molecule has 1 aliphatic rings. The van der Waals surface area contributed by atoms with E-state index < -0.39 is 0 Å². The Kier molecular flexibility index (Phi) is 7.39. The monoisotopic (exact) mass is 545 g/mol. The van der Waals surface area contributed by atoms with Crippen molar-refractivity contribution in [3.05, 3.63) is 82.6 Å². The molecule has 1 aliphatic heterocycles. The summed E-state index contributed by atoms with van der Waals surface area (Å²) < 4.78 is 0. The fourth-order valence-corrected chi connectivity index (χ4v) is 5.43. The average molecular weight is 547 g/mol. The molecule has 4 aromatic rings. The number of anilines is 3. The van der Waals surface area contributed by atoms with Crippen LogP contribution in [0.3, 0.4) is 0 Å². The lowest BCUT2D eigenvalue weighted by Gasteiger charge is -2.21. The van der Waals surface area contributed by atoms with Gasteiger partial charge in [0.15, 0.2) is 6.29 Å². The van der Waals surface area contributed by atoms with Gasteiger partial charge < -0.3 is 15.1 Å². The Labute approximate surface area is 232 Å². The van der Waals surface area contributed by atoms with Gasteiger partial charge in [-0.1, -0.05) is 35.8 Å². The topological polar surface area (TPSA) is 61.4 Å². The SMILES string of the molecule is C=C(C)c1cnc2ccc(-c3cc(Cl)c(C=O)c(Cl)c3)cc2c1Nc1ccc(N2CCC(N(C)C)C2)nc1. The van der Waals surface area contributed by atoms with Crippen LogP contribution in [0.4, 0.5) is 17.2 Å². The Morgan fingerprint density at radius 3 is 2.45 bits per heavy atom. The second kappa shape index (κ2) is 10.7. The van der Waals surface area contributed by atoms with Crippen LogP contribution in [0.25, 0.3) is 27.6 Å². The van der Waals surface area contributed by atoms with E-state index in [1.165, 1.54) is 0 Å². The number of aromatic nitrogens is 2. The standard InChI is InChI=1S/C30H29Cl2N5O/c1-18(2)24-15-33-28-7-5-19(20-12-26(31)25(17-38)27(32)13-20)11-23(28)30(24)35-21-6-8-29(34-14-21)37-10-9-22(16-37)36(3)4/h5-8,11-15,17,22H,1,9-10,16H2,2-4H3,(H,33,35). The van der Waals surface area contributed by atoms with Crippen LogP contribution < -0.4 is 10.2 Å². The number of fused-ring (bicyclic) bond motifs is 1. The number of benzene rings is 2. The number of carbonyl (C=O) groups is 1. The second-order valence-corrected chi connectivity index (χ2v) is 10.7. The molecular formula is C30H29Cl2N5O. The number of nitrogens with one attached hydrogen (secondary N) is 1. The lowest BCUT2D eigenvalue weighted by atomic mass is 9.99. The first-order valence-corrected chi connectivity index (χ1v) is 13.2. The highest BCUT2D eigenvalue weighted by Crippen LogP contribution is 2.37. The zero-order chi connectivity index (χ0) is 27.0. The average Bonchev–Trinajstić information content (AvgIpc) is 3.39. The van der Waals surface area contributed by atoms with E-state index in [4.69, 9.17) is 28.2 Å². The largest absolute Gasteiger partial charge is 0.355 e. The second-order valence-electron chi connectivity index (χ2n) is 9.91. The van der Waals surface area contributed by atoms with Gasteiger partial charge in [0.25, 0.3) is 0 Å². The predicted octanol–water partition coefficient (Wildman–Crippen LogP) is 7.33. The number of carbonyl (C=O) groups excluding carboxylic acids is 1. The van der Waals surface area contributed by atoms with Crippen LogP contribution in [0.1, 0.15) is 29.3 Å². The van der Waals surface area contributed by atoms with Crippen LogP contribution in [0.2, 0.25) is 10.0 Å². The zero-order valence-corrected chi connectivity index (χ0v) is 23.1. The van der Waals surface area contributed by atoms with Gasteiger partial charge >= 0.3 is 0 Å². The summed E-state index contributed by atoms with van der Waals surface area (Å²) in [4.78, 5) is 25.3. The van der Waals surface area contributed by atoms with E-state index in [0.717, 1.165) is 69.9 Å². The van der Waals surface area contributed by atoms with Gasteiger partial charge in [-0.2, -0.15) is 0 Å². The molecule has 6 nitrogen and oxygen atoms in total. The molecule has 1 N–H and O–H groups in total. The maximum absolute atomic E-state index is 11.3. The summed E-state index contributed by atoms with van der Waals surface area (Å²) in [6, 6.07) is 14.2. The van der Waals surface area contributed by atoms with Crippen LogP contribution >= 0.6 is 23.2 Å². The van der Waals surface area contributed by atoms with Gasteiger partial charge in [0.2, 0.25) is 0 Å². The van der Waals surface area contributed by atoms with Gasteiger partial charge in [0, 0.05) is 36.3 Å². The lowest BCUT2D eigenvalue weighted by molar-refractivity contribution is 0.112. The van der Waals surface area contributed by atoms with Gasteiger partial charge in [-0.3, -0.25) is 9.78 Å². The third-order valence-electron chi connectivity index (χ3n) is 7.09. The molecule has 1 saturated heterocycles. The summed E-state index contributed by atoms with van der Waals surface area (Å²) in [5.41, 5.74) is 6.41. The number of allylic oxidation sites excluding steroid dienone is 1. The highest BCUT2D eigenvalue weighted by atomic mass is 35.5. The Balaban J connectivity index is 1.51. The number of halogens is 2. The maximum Gasteiger partial charge on any atom is 0.153 e. The Hall–Kier alpha value is -3.45. The first kappa shape index (κ1) is 26.2. The third-order valence-corrected chi connectivity index (χ3v) is 7.72. The predicted molar refractivity (Wildman–Crippen MR) is 159 cm³/mol. The molecule has 1 unspecified atom stereocenters. The minimum Gasteiger partial charge on any atom is -0.355 e. The summed E-state index contributed by atoms with van der Waals surface area (Å²) >= 11 is 12.7. The molecule has 0 radical (unpaired) electrons. The number of nitrogens with zero attached hydrogens (tertiary/aromatic N) is 4. The van der Waals surface area contributed by atoms with Crippen LogP contribution in [-0.2, 0) is 0 Å². The number of pyridine rings is 2. The van der Waals surface area contributed by atoms with Gasteiger partial charge in [0.05, 0.1) is 38.7 Å². The van der Waals surface area contributed by atoms with Crippen molar-refractivity contribution in [1.82, 2.24) is 14.9 Å². The number of hydrogen-bond acceptors (Lipinski definition) is 6. The number of rotatable bonds is 7. The molecule has 2 aromatic heterocycles. The Morgan fingerprint density at radius 1 is 1.08 bits per heavy atom. The molecule has 5 rings (SSSR count). The minimum atomic E-state index is 0.286. The summed E-state index contributed by atoms with van der Waals surface area (Å²) in [5.74, 6) is 0.981. The molecule has 194 valence electrons. The van der Waals surface area contributed by atoms with E-state index in [2.05, 4.69) is 52.9 Å². The number of likely N-dealkylation sites (N-methyl/N-ethyl adjacent to an activating group) is 1. The van der Waals surface area contributed by atoms with Crippen molar-refractivity contribution in [2.45, 2.75) is 19.4 Å². The third kappa shape index (κ3) is 5.12. The molecular weight excluding hydrogens is 517 g/mol. The maximum atomic E-state index is 11.3. The van der Waals surface area contributed by atoms with Crippen LogP contribution in [-0.4, -0.2) is 54.4 Å². The summed E-state index contributed by atoms with van der Waals surface area (Å²) in [6.45, 7) is 8.11. The van der Waals surface area contributed by atoms with Crippen molar-refractivity contribution in [2.75, 3.05) is 37.4 Å². The molecule has 0 bridgehead atoms. The van der Waals surface area contributed by atoms with Crippen molar-refractivity contribution >= 4 is 63.2 Å². The molecule has 1 atom stereocenters. The molecule has 0 aliphatic carbocycles. The molecule has 2 aromatic carbocycles.